The third-order valence-electron chi connectivity index (χ3n) is 10.7. The number of nitrogens with one attached hydrogen (secondary N) is 2. The molecule has 10 rings (SSSR count). The number of pyridine rings is 5. The molecule has 290 valence electrons. The summed E-state index contributed by atoms with van der Waals surface area (Å²) in [5, 5.41) is 33.5. The Kier molecular flexibility index (Phi) is 8.96. The van der Waals surface area contributed by atoms with Gasteiger partial charge in [-0.15, -0.1) is 10.2 Å². The van der Waals surface area contributed by atoms with Crippen LogP contribution in [-0.4, -0.2) is 64.9 Å². The van der Waals surface area contributed by atoms with Crippen molar-refractivity contribution in [3.8, 4) is 33.5 Å². The first-order valence-electron chi connectivity index (χ1n) is 19.5. The zero-order valence-corrected chi connectivity index (χ0v) is 32.9. The van der Waals surface area contributed by atoms with Crippen molar-refractivity contribution in [3.63, 3.8) is 0 Å². The molecule has 0 bridgehead atoms. The molecule has 1 aliphatic carbocycles. The zero-order chi connectivity index (χ0) is 40.0. The maximum Gasteiger partial charge on any atom is 0.154 e. The largest absolute Gasteiger partial charge is 0.323 e. The Hall–Kier alpha value is -7.55. The van der Waals surface area contributed by atoms with Crippen LogP contribution in [0.2, 0.25) is 0 Å². The SMILES string of the molecule is Cc1nn(C)cc1-c1cnc2c(CC(C)c3cnnc(Nc4ccc5ncc(-c6cn(C)nc6-c6ccncc6)cc5n4)c3)cc(Nc3cc(C4CC4)cnn3)nc2c1. The Bertz CT molecular complexity index is 3010. The Balaban J connectivity index is 0.930. The van der Waals surface area contributed by atoms with E-state index in [2.05, 4.69) is 66.2 Å². The highest BCUT2D eigenvalue weighted by Crippen LogP contribution is 2.40. The molecule has 0 amide bonds. The van der Waals surface area contributed by atoms with Gasteiger partial charge in [0.2, 0.25) is 0 Å². The molecule has 0 radical (unpaired) electrons. The van der Waals surface area contributed by atoms with Crippen molar-refractivity contribution in [1.29, 1.82) is 0 Å². The van der Waals surface area contributed by atoms with Gasteiger partial charge < -0.3 is 10.6 Å². The first-order chi connectivity index (χ1) is 28.8. The average molecular weight is 778 g/mol. The normalized spacial score (nSPS) is 13.2. The summed E-state index contributed by atoms with van der Waals surface area (Å²) >= 11 is 0. The number of hydrogen-bond acceptors (Lipinski definition) is 13. The summed E-state index contributed by atoms with van der Waals surface area (Å²) < 4.78 is 3.62. The van der Waals surface area contributed by atoms with Crippen LogP contribution in [0.15, 0.2) is 104 Å². The second kappa shape index (κ2) is 14.8. The lowest BCUT2D eigenvalue weighted by atomic mass is 9.94. The molecule has 15 heteroatoms. The van der Waals surface area contributed by atoms with Crippen molar-refractivity contribution in [1.82, 2.24) is 64.9 Å². The third-order valence-corrected chi connectivity index (χ3v) is 10.7. The van der Waals surface area contributed by atoms with Crippen LogP contribution in [0.3, 0.4) is 0 Å². The predicted octanol–water partition coefficient (Wildman–Crippen LogP) is 8.04. The molecule has 9 aromatic heterocycles. The Morgan fingerprint density at radius 1 is 0.678 bits per heavy atom. The molecule has 1 saturated carbocycles. The molecule has 0 spiro atoms. The topological polar surface area (TPSA) is 176 Å². The van der Waals surface area contributed by atoms with Gasteiger partial charge >= 0.3 is 0 Å². The van der Waals surface area contributed by atoms with Crippen LogP contribution >= 0.6 is 0 Å². The summed E-state index contributed by atoms with van der Waals surface area (Å²) in [6.45, 7) is 4.18. The number of fused-ring (bicyclic) bond motifs is 2. The van der Waals surface area contributed by atoms with Gasteiger partial charge in [-0.2, -0.15) is 20.4 Å². The summed E-state index contributed by atoms with van der Waals surface area (Å²) in [5.74, 6) is 3.17. The molecule has 0 saturated heterocycles. The van der Waals surface area contributed by atoms with E-state index in [9.17, 15) is 0 Å². The fourth-order valence-corrected chi connectivity index (χ4v) is 7.58. The standard InChI is InChI=1S/C44H39N15/c1-25(13-29-16-40(53-42-18-31(22-49-55-42)27-5-6-27)51-38-15-32(20-47-44(29)38)34-23-58(3)56-26(34)2)30-17-41(54-48-21-30)52-39-8-7-36-37(50-39)14-33(19-46-36)35-24-59(4)57-43(35)28-9-11-45-12-10-28/h7-12,14-25,27H,5-6,13H2,1-4H3,(H,50,52,54)(H,51,53,55). The highest BCUT2D eigenvalue weighted by atomic mass is 15.3. The minimum absolute atomic E-state index is 0.0509. The number of anilines is 4. The average Bonchev–Trinajstić information content (AvgIpc) is 3.94. The van der Waals surface area contributed by atoms with Crippen LogP contribution in [0, 0.1) is 6.92 Å². The van der Waals surface area contributed by atoms with Crippen LogP contribution in [0.4, 0.5) is 23.3 Å². The molecular weight excluding hydrogens is 739 g/mol. The number of aromatic nitrogens is 13. The molecule has 59 heavy (non-hydrogen) atoms. The minimum Gasteiger partial charge on any atom is -0.323 e. The molecule has 1 atom stereocenters. The Labute approximate surface area is 339 Å². The van der Waals surface area contributed by atoms with Gasteiger partial charge in [-0.1, -0.05) is 6.92 Å². The van der Waals surface area contributed by atoms with Crippen molar-refractivity contribution >= 4 is 45.3 Å². The smallest absolute Gasteiger partial charge is 0.154 e. The maximum absolute atomic E-state index is 5.03. The highest BCUT2D eigenvalue weighted by Gasteiger charge is 2.24. The number of rotatable bonds is 11. The molecule has 9 aromatic rings. The fraction of sp³-hybridized carbons (Fsp3) is 0.205. The van der Waals surface area contributed by atoms with E-state index >= 15 is 0 Å². The van der Waals surface area contributed by atoms with Crippen molar-refractivity contribution < 1.29 is 0 Å². The van der Waals surface area contributed by atoms with Crippen molar-refractivity contribution in [2.24, 2.45) is 14.1 Å². The lowest BCUT2D eigenvalue weighted by Gasteiger charge is -2.16. The van der Waals surface area contributed by atoms with E-state index in [4.69, 9.17) is 25.0 Å². The quantitative estimate of drug-likeness (QED) is 0.129. The molecule has 9 heterocycles. The molecule has 1 unspecified atom stereocenters. The predicted molar refractivity (Wildman–Crippen MR) is 226 cm³/mol. The van der Waals surface area contributed by atoms with E-state index in [1.54, 1.807) is 17.1 Å². The lowest BCUT2D eigenvalue weighted by molar-refractivity contribution is 0.751. The van der Waals surface area contributed by atoms with Crippen molar-refractivity contribution in [2.45, 2.75) is 44.9 Å². The first-order valence-corrected chi connectivity index (χ1v) is 19.5. The third kappa shape index (κ3) is 7.41. The molecule has 1 fully saturated rings. The highest BCUT2D eigenvalue weighted by molar-refractivity contribution is 5.87. The van der Waals surface area contributed by atoms with Gasteiger partial charge in [0.15, 0.2) is 11.6 Å². The number of nitrogens with zero attached hydrogens (tertiary/aromatic N) is 13. The molecule has 2 N–H and O–H groups in total. The van der Waals surface area contributed by atoms with Gasteiger partial charge in [-0.3, -0.25) is 24.3 Å². The van der Waals surface area contributed by atoms with Gasteiger partial charge in [0.1, 0.15) is 17.3 Å². The van der Waals surface area contributed by atoms with E-state index in [1.165, 1.54) is 18.4 Å². The van der Waals surface area contributed by atoms with Crippen LogP contribution < -0.4 is 10.6 Å². The number of aryl methyl sites for hydroxylation is 3. The lowest BCUT2D eigenvalue weighted by Crippen LogP contribution is -2.06. The minimum atomic E-state index is 0.0509. The van der Waals surface area contributed by atoms with E-state index < -0.39 is 0 Å². The molecule has 0 aliphatic heterocycles. The van der Waals surface area contributed by atoms with Crippen LogP contribution in [-0.2, 0) is 20.5 Å². The monoisotopic (exact) mass is 777 g/mol. The van der Waals surface area contributed by atoms with Crippen molar-refractivity contribution in [3.05, 3.63) is 127 Å². The Morgan fingerprint density at radius 3 is 2.20 bits per heavy atom. The molecule has 15 nitrogen and oxygen atoms in total. The zero-order valence-electron chi connectivity index (χ0n) is 32.9. The Morgan fingerprint density at radius 2 is 1.39 bits per heavy atom. The van der Waals surface area contributed by atoms with Gasteiger partial charge in [0, 0.05) is 79.1 Å². The summed E-state index contributed by atoms with van der Waals surface area (Å²) in [6, 6.07) is 18.0. The van der Waals surface area contributed by atoms with Gasteiger partial charge in [-0.05, 0) is 109 Å². The van der Waals surface area contributed by atoms with Crippen molar-refractivity contribution in [2.75, 3.05) is 10.6 Å². The fourth-order valence-electron chi connectivity index (χ4n) is 7.58. The second-order valence-corrected chi connectivity index (χ2v) is 15.2. The van der Waals surface area contributed by atoms with Crippen LogP contribution in [0.1, 0.15) is 54.0 Å². The van der Waals surface area contributed by atoms with E-state index in [0.717, 1.165) is 72.4 Å². The van der Waals surface area contributed by atoms with Gasteiger partial charge in [-0.25, -0.2) is 9.97 Å². The summed E-state index contributed by atoms with van der Waals surface area (Å²) in [4.78, 5) is 23.8. The molecule has 1 aliphatic rings. The van der Waals surface area contributed by atoms with E-state index in [1.807, 2.05) is 99.3 Å². The molecular formula is C44H39N15. The first kappa shape index (κ1) is 35.8. The molecule has 0 aromatic carbocycles. The van der Waals surface area contributed by atoms with E-state index in [-0.39, 0.29) is 5.92 Å². The van der Waals surface area contributed by atoms with Gasteiger partial charge in [0.25, 0.3) is 0 Å². The maximum atomic E-state index is 5.03. The summed E-state index contributed by atoms with van der Waals surface area (Å²) in [5.41, 5.74) is 13.0. The van der Waals surface area contributed by atoms with Crippen LogP contribution in [0.25, 0.3) is 55.6 Å². The van der Waals surface area contributed by atoms with E-state index in [0.29, 0.717) is 35.6 Å². The second-order valence-electron chi connectivity index (χ2n) is 15.2. The number of hydrogen-bond donors (Lipinski definition) is 2. The van der Waals surface area contributed by atoms with Gasteiger partial charge in [0.05, 0.1) is 40.2 Å². The van der Waals surface area contributed by atoms with Crippen LogP contribution in [0.5, 0.6) is 0 Å². The summed E-state index contributed by atoms with van der Waals surface area (Å²) in [7, 11) is 3.83. The summed E-state index contributed by atoms with van der Waals surface area (Å²) in [6.07, 6.45) is 18.0.